The van der Waals surface area contributed by atoms with Crippen molar-refractivity contribution in [1.82, 2.24) is 24.8 Å². The molecule has 0 saturated carbocycles. The Morgan fingerprint density at radius 2 is 1.81 bits per heavy atom. The Balaban J connectivity index is 0.00000380. The van der Waals surface area contributed by atoms with E-state index in [2.05, 4.69) is 25.6 Å². The quantitative estimate of drug-likeness (QED) is 0.161. The number of benzene rings is 1. The van der Waals surface area contributed by atoms with Crippen LogP contribution in [0.5, 0.6) is 0 Å². The monoisotopic (exact) mass is 521 g/mol. The maximum atomic E-state index is 12.2. The number of carboxylic acid groups (broad SMARTS) is 1. The van der Waals surface area contributed by atoms with E-state index in [0.717, 1.165) is 11.1 Å². The third-order valence-electron chi connectivity index (χ3n) is 5.91. The number of hydrogen-bond acceptors (Lipinski definition) is 11. The number of aryl methyl sites for hydroxylation is 1. The Morgan fingerprint density at radius 1 is 1.14 bits per heavy atom. The molecule has 14 heteroatoms. The van der Waals surface area contributed by atoms with Gasteiger partial charge in [0.2, 0.25) is 5.95 Å². The van der Waals surface area contributed by atoms with Gasteiger partial charge >= 0.3 is 29.6 Å². The van der Waals surface area contributed by atoms with E-state index in [4.69, 9.17) is 10.5 Å². The molecule has 4 atom stereocenters. The summed E-state index contributed by atoms with van der Waals surface area (Å²) in [4.78, 5) is 35.7. The zero-order valence-electron chi connectivity index (χ0n) is 20.6. The summed E-state index contributed by atoms with van der Waals surface area (Å²) >= 11 is 0. The summed E-state index contributed by atoms with van der Waals surface area (Å²) in [7, 11) is 0. The molecule has 0 radical (unpaired) electrons. The molecule has 2 aromatic heterocycles. The number of aliphatic hydroxyl groups is 2. The van der Waals surface area contributed by atoms with Gasteiger partial charge in [0.1, 0.15) is 17.7 Å². The van der Waals surface area contributed by atoms with E-state index in [-0.39, 0.29) is 53.4 Å². The van der Waals surface area contributed by atoms with Crippen molar-refractivity contribution in [1.29, 1.82) is 0 Å². The van der Waals surface area contributed by atoms with Crippen LogP contribution in [0.1, 0.15) is 30.7 Å². The maximum Gasteiger partial charge on any atom is 1.00 e. The summed E-state index contributed by atoms with van der Waals surface area (Å²) in [6.07, 6.45) is -2.76. The van der Waals surface area contributed by atoms with Crippen molar-refractivity contribution in [2.24, 2.45) is 0 Å². The molecule has 37 heavy (non-hydrogen) atoms. The summed E-state index contributed by atoms with van der Waals surface area (Å²) in [5.74, 6) is -1.25. The van der Waals surface area contributed by atoms with Crippen LogP contribution in [0.25, 0.3) is 11.2 Å². The number of nitrogens with zero attached hydrogens (tertiary/aromatic N) is 4. The predicted molar refractivity (Wildman–Crippen MR) is 126 cm³/mol. The van der Waals surface area contributed by atoms with E-state index in [1.54, 1.807) is 6.92 Å². The van der Waals surface area contributed by atoms with Gasteiger partial charge in [0.05, 0.1) is 6.33 Å². The number of carbonyl (C=O) groups excluding carboxylic acids is 2. The number of aromatic nitrogens is 4. The Bertz CT molecular complexity index is 1240. The van der Waals surface area contributed by atoms with Crippen molar-refractivity contribution in [3.63, 3.8) is 0 Å². The van der Waals surface area contributed by atoms with Crippen molar-refractivity contribution in [2.45, 2.75) is 50.7 Å². The van der Waals surface area contributed by atoms with Crippen LogP contribution in [-0.2, 0) is 27.2 Å². The molecule has 0 aliphatic carbocycles. The van der Waals surface area contributed by atoms with Crippen molar-refractivity contribution < 1.29 is 59.2 Å². The predicted octanol–water partition coefficient (Wildman–Crippen LogP) is -4.50. The number of fused-ring (bicyclic) bond motifs is 1. The first-order chi connectivity index (χ1) is 17.3. The van der Waals surface area contributed by atoms with Gasteiger partial charge in [0.25, 0.3) is 5.91 Å². The van der Waals surface area contributed by atoms with Gasteiger partial charge < -0.3 is 41.2 Å². The number of ether oxygens (including phenoxy) is 1. The zero-order chi connectivity index (χ0) is 25.8. The third-order valence-corrected chi connectivity index (χ3v) is 5.91. The topological polar surface area (TPSA) is 201 Å². The minimum atomic E-state index is -1.43. The van der Waals surface area contributed by atoms with Crippen LogP contribution in [0.15, 0.2) is 30.6 Å². The Kier molecular flexibility index (Phi) is 9.81. The van der Waals surface area contributed by atoms with Crippen molar-refractivity contribution in [2.75, 3.05) is 24.1 Å². The van der Waals surface area contributed by atoms with Gasteiger partial charge in [0.15, 0.2) is 23.8 Å². The fraction of sp³-hybridized carbons (Fsp3) is 0.435. The molecular formula is C23H28N7NaO6. The van der Waals surface area contributed by atoms with Crippen LogP contribution in [0, 0.1) is 0 Å². The molecule has 0 spiro atoms. The minimum absolute atomic E-state index is 0. The Hall–Kier alpha value is -2.81. The number of rotatable bonds is 10. The second kappa shape index (κ2) is 12.6. The van der Waals surface area contributed by atoms with E-state index >= 15 is 0 Å². The molecule has 6 N–H and O–H groups in total. The van der Waals surface area contributed by atoms with Gasteiger partial charge in [-0.25, -0.2) is 4.98 Å². The fourth-order valence-electron chi connectivity index (χ4n) is 4.02. The number of nitrogens with two attached hydrogens (primary N) is 1. The summed E-state index contributed by atoms with van der Waals surface area (Å²) in [6.45, 7) is 2.57. The molecular weight excluding hydrogens is 493 g/mol. The molecule has 1 aliphatic rings. The molecule has 1 saturated heterocycles. The average molecular weight is 522 g/mol. The van der Waals surface area contributed by atoms with Crippen LogP contribution in [0.4, 0.5) is 11.8 Å². The molecule has 1 aromatic carbocycles. The number of nitrogens with one attached hydrogen (secondary N) is 2. The van der Waals surface area contributed by atoms with Crippen molar-refractivity contribution in [3.8, 4) is 0 Å². The number of imidazole rings is 1. The molecule has 13 nitrogen and oxygen atoms in total. The smallest absolute Gasteiger partial charge is 0.550 e. The van der Waals surface area contributed by atoms with Crippen molar-refractivity contribution in [3.05, 3.63) is 41.7 Å². The molecule has 1 amide bonds. The molecule has 0 bridgehead atoms. The molecule has 4 rings (SSSR count). The average Bonchev–Trinajstić information content (AvgIpc) is 3.40. The van der Waals surface area contributed by atoms with Gasteiger partial charge in [-0.05, 0) is 37.3 Å². The first-order valence-corrected chi connectivity index (χ1v) is 11.6. The SMILES string of the molecule is CCNC(=O)[C@H]1O[C@@H](n2cnc3c(N)nc(NCCc4ccc(CCC(=O)[O-])cc4)nc32)[C@@H](O)[C@H]1O.[Na+]. The second-order valence-electron chi connectivity index (χ2n) is 8.44. The van der Waals surface area contributed by atoms with E-state index in [9.17, 15) is 24.9 Å². The largest absolute Gasteiger partial charge is 1.00 e. The van der Waals surface area contributed by atoms with Crippen LogP contribution in [0.3, 0.4) is 0 Å². The number of carbonyl (C=O) groups is 2. The van der Waals surface area contributed by atoms with Gasteiger partial charge in [-0.2, -0.15) is 9.97 Å². The summed E-state index contributed by atoms with van der Waals surface area (Å²) in [6, 6.07) is 7.61. The first-order valence-electron chi connectivity index (χ1n) is 11.6. The molecule has 1 aliphatic heterocycles. The number of hydrogen-bond donors (Lipinski definition) is 5. The number of likely N-dealkylation sites (N-methyl/N-ethyl adjacent to an activating group) is 1. The van der Waals surface area contributed by atoms with Gasteiger partial charge in [-0.15, -0.1) is 0 Å². The van der Waals surface area contributed by atoms with Crippen molar-refractivity contribution >= 4 is 34.8 Å². The second-order valence-corrected chi connectivity index (χ2v) is 8.44. The number of anilines is 2. The Labute approximate surface area is 234 Å². The van der Waals surface area contributed by atoms with Gasteiger partial charge in [-0.3, -0.25) is 9.36 Å². The van der Waals surface area contributed by atoms with E-state index < -0.39 is 36.4 Å². The van der Waals surface area contributed by atoms with Crippen LogP contribution in [-0.4, -0.2) is 73.0 Å². The standard InChI is InChI=1S/C23H29N7O6.Na/c1-2-25-21(35)18-16(33)17(34)22(36-18)30-11-27-15-19(24)28-23(29-20(15)30)26-10-9-13-5-3-12(4-6-13)7-8-14(31)32;/h3-6,11,16-18,22,33-34H,2,7-10H2,1H3,(H,25,35)(H,31,32)(H3,24,26,28,29);/q;+1/p-1/t16-,17+,18+,22-;/m1./s1. The molecule has 0 unspecified atom stereocenters. The molecule has 1 fully saturated rings. The maximum absolute atomic E-state index is 12.2. The zero-order valence-corrected chi connectivity index (χ0v) is 22.6. The normalized spacial score (nSPS) is 20.9. The molecule has 3 aromatic rings. The van der Waals surface area contributed by atoms with E-state index in [0.29, 0.717) is 31.4 Å². The minimum Gasteiger partial charge on any atom is -0.550 e. The fourth-order valence-corrected chi connectivity index (χ4v) is 4.02. The Morgan fingerprint density at radius 3 is 2.46 bits per heavy atom. The summed E-state index contributed by atoms with van der Waals surface area (Å²) < 4.78 is 7.08. The van der Waals surface area contributed by atoms with E-state index in [1.807, 2.05) is 24.3 Å². The van der Waals surface area contributed by atoms with Gasteiger partial charge in [0, 0.05) is 19.1 Å². The molecule has 192 valence electrons. The van der Waals surface area contributed by atoms with Crippen LogP contribution < -0.4 is 51.0 Å². The number of aliphatic carboxylic acids is 1. The van der Waals surface area contributed by atoms with Crippen LogP contribution >= 0.6 is 0 Å². The first kappa shape index (κ1) is 28.8. The summed E-state index contributed by atoms with van der Waals surface area (Å²) in [5, 5.41) is 37.1. The summed E-state index contributed by atoms with van der Waals surface area (Å²) in [5.41, 5.74) is 8.58. The number of aliphatic hydroxyl groups excluding tert-OH is 2. The third kappa shape index (κ3) is 6.55. The van der Waals surface area contributed by atoms with Crippen LogP contribution in [0.2, 0.25) is 0 Å². The van der Waals surface area contributed by atoms with Gasteiger partial charge in [-0.1, -0.05) is 24.3 Å². The van der Waals surface area contributed by atoms with E-state index in [1.165, 1.54) is 10.9 Å². The number of nitrogen functional groups attached to an aromatic ring is 1. The number of carboxylic acids is 1. The number of amides is 1. The molecule has 3 heterocycles.